The number of anilines is 2. The number of halogens is 1. The van der Waals surface area contributed by atoms with Gasteiger partial charge in [0.2, 0.25) is 5.95 Å². The van der Waals surface area contributed by atoms with Crippen LogP contribution < -0.4 is 10.1 Å². The van der Waals surface area contributed by atoms with Crippen molar-refractivity contribution in [3.05, 3.63) is 48.3 Å². The molecular weight excluding hydrogens is 351 g/mol. The van der Waals surface area contributed by atoms with E-state index in [0.29, 0.717) is 23.8 Å². The molecule has 3 rings (SSSR count). The fraction of sp³-hybridized carbons (Fsp3) is 0.222. The lowest BCUT2D eigenvalue weighted by atomic mass is 10.1. The van der Waals surface area contributed by atoms with E-state index in [1.807, 2.05) is 6.07 Å². The first-order valence-corrected chi connectivity index (χ1v) is 8.08. The average Bonchev–Trinajstić information content (AvgIpc) is 3.17. The summed E-state index contributed by atoms with van der Waals surface area (Å²) in [5.74, 6) is 0.0656. The molecule has 0 radical (unpaired) electrons. The van der Waals surface area contributed by atoms with Crippen molar-refractivity contribution in [2.75, 3.05) is 19.0 Å². The number of nitriles is 1. The van der Waals surface area contributed by atoms with Crippen LogP contribution >= 0.6 is 0 Å². The van der Waals surface area contributed by atoms with Crippen LogP contribution in [0.5, 0.6) is 5.75 Å². The van der Waals surface area contributed by atoms with E-state index in [1.54, 1.807) is 26.4 Å². The maximum atomic E-state index is 14.5. The Labute approximate surface area is 155 Å². The largest absolute Gasteiger partial charge is 0.487 e. The summed E-state index contributed by atoms with van der Waals surface area (Å²) in [6, 6.07) is 4.56. The van der Waals surface area contributed by atoms with Gasteiger partial charge in [0, 0.05) is 36.8 Å². The van der Waals surface area contributed by atoms with Gasteiger partial charge >= 0.3 is 0 Å². The summed E-state index contributed by atoms with van der Waals surface area (Å²) in [4.78, 5) is 8.35. The van der Waals surface area contributed by atoms with E-state index in [1.165, 1.54) is 18.5 Å². The van der Waals surface area contributed by atoms with Gasteiger partial charge in [0.15, 0.2) is 0 Å². The second-order valence-electron chi connectivity index (χ2n) is 5.73. The van der Waals surface area contributed by atoms with Crippen molar-refractivity contribution >= 4 is 11.6 Å². The van der Waals surface area contributed by atoms with Gasteiger partial charge in [-0.25, -0.2) is 14.4 Å². The van der Waals surface area contributed by atoms with Gasteiger partial charge in [-0.15, -0.1) is 0 Å². The van der Waals surface area contributed by atoms with Crippen molar-refractivity contribution in [3.63, 3.8) is 0 Å². The van der Waals surface area contributed by atoms with Gasteiger partial charge in [-0.3, -0.25) is 5.10 Å². The number of nitrogens with one attached hydrogen (secondary N) is 2. The summed E-state index contributed by atoms with van der Waals surface area (Å²) in [6.07, 6.45) is 5.92. The van der Waals surface area contributed by atoms with Gasteiger partial charge in [0.25, 0.3) is 0 Å². The minimum absolute atomic E-state index is 0.110. The molecule has 0 amide bonds. The number of aromatic amines is 1. The second kappa shape index (κ2) is 8.25. The Morgan fingerprint density at radius 3 is 2.70 bits per heavy atom. The van der Waals surface area contributed by atoms with Crippen molar-refractivity contribution < 1.29 is 13.9 Å². The predicted octanol–water partition coefficient (Wildman–Crippen LogP) is 3.03. The molecule has 1 aromatic carbocycles. The lowest BCUT2D eigenvalue weighted by Crippen LogP contribution is -2.18. The molecular formula is C18H17FN6O2. The third-order valence-corrected chi connectivity index (χ3v) is 3.64. The monoisotopic (exact) mass is 368 g/mol. The number of aromatic nitrogens is 4. The summed E-state index contributed by atoms with van der Waals surface area (Å²) < 4.78 is 25.2. The Morgan fingerprint density at radius 2 is 2.07 bits per heavy atom. The molecule has 8 nitrogen and oxygen atoms in total. The topological polar surface area (TPSA) is 109 Å². The highest BCUT2D eigenvalue weighted by atomic mass is 19.1. The number of hydrogen-bond donors (Lipinski definition) is 2. The van der Waals surface area contributed by atoms with E-state index in [0.717, 1.165) is 6.07 Å². The highest BCUT2D eigenvalue weighted by Crippen LogP contribution is 2.30. The van der Waals surface area contributed by atoms with Gasteiger partial charge in [-0.1, -0.05) is 0 Å². The van der Waals surface area contributed by atoms with Crippen LogP contribution in [0.15, 0.2) is 36.9 Å². The van der Waals surface area contributed by atoms with E-state index in [2.05, 4.69) is 25.5 Å². The van der Waals surface area contributed by atoms with Crippen molar-refractivity contribution in [2.24, 2.45) is 0 Å². The first kappa shape index (κ1) is 18.3. The molecule has 9 heteroatoms. The number of rotatable bonds is 7. The summed E-state index contributed by atoms with van der Waals surface area (Å²) in [5.41, 5.74) is 1.51. The number of H-pyrrole nitrogens is 1. The highest BCUT2D eigenvalue weighted by molar-refractivity contribution is 5.67. The van der Waals surface area contributed by atoms with E-state index >= 15 is 0 Å². The molecule has 2 heterocycles. The molecule has 138 valence electrons. The minimum Gasteiger partial charge on any atom is -0.487 e. The Hall–Kier alpha value is -3.51. The van der Waals surface area contributed by atoms with Crippen LogP contribution in [0.3, 0.4) is 0 Å². The molecule has 0 aliphatic carbocycles. The standard InChI is InChI=1S/C18H17FN6O2/c1-11(10-26-2)27-17-4-15(16(19)3-12(17)5-20)13-6-21-18(22-7-13)25-14-8-23-24-9-14/h3-4,6-9,11H,10H2,1-2H3,(H,23,24)(H,21,22,25)/t11-/m0/s1. The van der Waals surface area contributed by atoms with Gasteiger partial charge in [0.1, 0.15) is 23.7 Å². The highest BCUT2D eigenvalue weighted by Gasteiger charge is 2.15. The predicted molar refractivity (Wildman–Crippen MR) is 96.0 cm³/mol. The Kier molecular flexibility index (Phi) is 5.58. The summed E-state index contributed by atoms with van der Waals surface area (Å²) in [6.45, 7) is 2.14. The molecule has 2 aromatic heterocycles. The molecule has 0 aliphatic rings. The maximum absolute atomic E-state index is 14.5. The molecule has 0 saturated carbocycles. The zero-order chi connectivity index (χ0) is 19.2. The van der Waals surface area contributed by atoms with Crippen LogP contribution in [0.25, 0.3) is 11.1 Å². The summed E-state index contributed by atoms with van der Waals surface area (Å²) in [7, 11) is 1.55. The first-order chi connectivity index (χ1) is 13.1. The van der Waals surface area contributed by atoms with Crippen LogP contribution in [0, 0.1) is 17.1 Å². The van der Waals surface area contributed by atoms with E-state index in [9.17, 15) is 9.65 Å². The molecule has 0 aliphatic heterocycles. The maximum Gasteiger partial charge on any atom is 0.227 e. The minimum atomic E-state index is -0.558. The molecule has 1 atom stereocenters. The van der Waals surface area contributed by atoms with Gasteiger partial charge in [-0.2, -0.15) is 10.4 Å². The molecule has 27 heavy (non-hydrogen) atoms. The van der Waals surface area contributed by atoms with E-state index < -0.39 is 5.82 Å². The van der Waals surface area contributed by atoms with Crippen LogP contribution in [0.2, 0.25) is 0 Å². The molecule has 0 spiro atoms. The van der Waals surface area contributed by atoms with Crippen molar-refractivity contribution in [2.45, 2.75) is 13.0 Å². The van der Waals surface area contributed by atoms with Crippen LogP contribution in [-0.4, -0.2) is 40.0 Å². The number of ether oxygens (including phenoxy) is 2. The van der Waals surface area contributed by atoms with Gasteiger partial charge < -0.3 is 14.8 Å². The quantitative estimate of drug-likeness (QED) is 0.660. The molecule has 3 aromatic rings. The third-order valence-electron chi connectivity index (χ3n) is 3.64. The second-order valence-corrected chi connectivity index (χ2v) is 5.73. The fourth-order valence-corrected chi connectivity index (χ4v) is 2.42. The summed E-state index contributed by atoms with van der Waals surface area (Å²) >= 11 is 0. The molecule has 0 saturated heterocycles. The third kappa shape index (κ3) is 4.37. The Morgan fingerprint density at radius 1 is 1.30 bits per heavy atom. The fourth-order valence-electron chi connectivity index (χ4n) is 2.42. The Bertz CT molecular complexity index is 938. The lowest BCUT2D eigenvalue weighted by molar-refractivity contribution is 0.0918. The summed E-state index contributed by atoms with van der Waals surface area (Å²) in [5, 5.41) is 18.7. The van der Waals surface area contributed by atoms with E-state index in [4.69, 9.17) is 9.47 Å². The normalized spacial score (nSPS) is 11.6. The molecule has 0 bridgehead atoms. The van der Waals surface area contributed by atoms with Crippen molar-refractivity contribution in [1.82, 2.24) is 20.2 Å². The smallest absolute Gasteiger partial charge is 0.227 e. The molecule has 2 N–H and O–H groups in total. The van der Waals surface area contributed by atoms with Crippen LogP contribution in [0.1, 0.15) is 12.5 Å². The van der Waals surface area contributed by atoms with Gasteiger partial charge in [-0.05, 0) is 19.1 Å². The van der Waals surface area contributed by atoms with Crippen molar-refractivity contribution in [3.8, 4) is 22.9 Å². The van der Waals surface area contributed by atoms with Crippen LogP contribution in [-0.2, 0) is 4.74 Å². The number of hydrogen-bond acceptors (Lipinski definition) is 7. The number of benzene rings is 1. The Balaban J connectivity index is 1.87. The number of nitrogens with zero attached hydrogens (tertiary/aromatic N) is 4. The SMILES string of the molecule is COC[C@H](C)Oc1cc(-c2cnc(Nc3cn[nH]c3)nc2)c(F)cc1C#N. The van der Waals surface area contributed by atoms with E-state index in [-0.39, 0.29) is 23.0 Å². The zero-order valence-corrected chi connectivity index (χ0v) is 14.7. The molecule has 0 fully saturated rings. The molecule has 0 unspecified atom stereocenters. The van der Waals surface area contributed by atoms with Crippen LogP contribution in [0.4, 0.5) is 16.0 Å². The van der Waals surface area contributed by atoms with Crippen molar-refractivity contribution in [1.29, 1.82) is 5.26 Å². The zero-order valence-electron chi connectivity index (χ0n) is 14.7. The first-order valence-electron chi connectivity index (χ1n) is 8.08. The average molecular weight is 368 g/mol. The number of methoxy groups -OCH3 is 1. The lowest BCUT2D eigenvalue weighted by Gasteiger charge is -2.16. The van der Waals surface area contributed by atoms with Gasteiger partial charge in [0.05, 0.1) is 24.1 Å².